The van der Waals surface area contributed by atoms with Crippen molar-refractivity contribution >= 4 is 11.6 Å². The van der Waals surface area contributed by atoms with Crippen LogP contribution in [0, 0.1) is 16.0 Å². The van der Waals surface area contributed by atoms with E-state index in [0.717, 1.165) is 32.5 Å². The molecule has 0 aromatic heterocycles. The smallest absolute Gasteiger partial charge is 0.286 e. The molecule has 2 atom stereocenters. The number of carbonyl (C=O) groups excluding carboxylic acids is 1. The van der Waals surface area contributed by atoms with E-state index in [1.54, 1.807) is 4.90 Å². The largest absolute Gasteiger partial charge is 0.493 e. The van der Waals surface area contributed by atoms with Gasteiger partial charge >= 0.3 is 0 Å². The molecule has 0 aliphatic carbocycles. The second kappa shape index (κ2) is 9.61. The van der Waals surface area contributed by atoms with Crippen molar-refractivity contribution in [2.24, 2.45) is 5.92 Å². The summed E-state index contributed by atoms with van der Waals surface area (Å²) in [7, 11) is 2.85. The van der Waals surface area contributed by atoms with Crippen molar-refractivity contribution in [2.75, 3.05) is 46.9 Å². The number of methoxy groups -OCH3 is 2. The van der Waals surface area contributed by atoms with Gasteiger partial charge in [0.2, 0.25) is 0 Å². The molecule has 0 bridgehead atoms. The first-order chi connectivity index (χ1) is 14.3. The number of rotatable bonds is 6. The highest BCUT2D eigenvalue weighted by Crippen LogP contribution is 2.35. The Morgan fingerprint density at radius 3 is 2.23 bits per heavy atom. The van der Waals surface area contributed by atoms with E-state index in [1.165, 1.54) is 26.4 Å². The van der Waals surface area contributed by atoms with Gasteiger partial charge < -0.3 is 19.1 Å². The molecule has 0 saturated carbocycles. The number of piperidine rings is 1. The van der Waals surface area contributed by atoms with Crippen LogP contribution in [0.1, 0.15) is 37.0 Å². The zero-order valence-corrected chi connectivity index (χ0v) is 18.1. The Morgan fingerprint density at radius 1 is 1.13 bits per heavy atom. The summed E-state index contributed by atoms with van der Waals surface area (Å²) in [5.74, 6) is 0.701. The number of carbonyl (C=O) groups is 1. The third-order valence-electron chi connectivity index (χ3n) is 5.84. The summed E-state index contributed by atoms with van der Waals surface area (Å²) in [4.78, 5) is 28.2. The van der Waals surface area contributed by atoms with Crippen molar-refractivity contribution in [3.63, 3.8) is 0 Å². The van der Waals surface area contributed by atoms with Gasteiger partial charge in [0.15, 0.2) is 11.5 Å². The van der Waals surface area contributed by atoms with Gasteiger partial charge in [-0.15, -0.1) is 0 Å². The van der Waals surface area contributed by atoms with Crippen LogP contribution in [0.3, 0.4) is 0 Å². The van der Waals surface area contributed by atoms with Crippen LogP contribution in [0.4, 0.5) is 5.69 Å². The zero-order valence-electron chi connectivity index (χ0n) is 18.1. The minimum Gasteiger partial charge on any atom is -0.493 e. The molecule has 2 aliphatic rings. The number of morpholine rings is 1. The average Bonchev–Trinajstić information content (AvgIpc) is 2.72. The normalized spacial score (nSPS) is 23.3. The number of amides is 1. The monoisotopic (exact) mass is 421 g/mol. The fraction of sp³-hybridized carbons (Fsp3) is 0.667. The van der Waals surface area contributed by atoms with Crippen molar-refractivity contribution in [2.45, 2.75) is 38.9 Å². The second-order valence-electron chi connectivity index (χ2n) is 8.19. The van der Waals surface area contributed by atoms with Crippen molar-refractivity contribution in [3.05, 3.63) is 27.8 Å². The fourth-order valence-corrected chi connectivity index (χ4v) is 4.48. The number of nitrogens with zero attached hydrogens (tertiary/aromatic N) is 3. The van der Waals surface area contributed by atoms with E-state index in [2.05, 4.69) is 18.7 Å². The average molecular weight is 421 g/mol. The van der Waals surface area contributed by atoms with E-state index >= 15 is 0 Å². The van der Waals surface area contributed by atoms with Crippen LogP contribution in [-0.2, 0) is 4.74 Å². The third-order valence-corrected chi connectivity index (χ3v) is 5.84. The van der Waals surface area contributed by atoms with E-state index in [-0.39, 0.29) is 35.1 Å². The number of likely N-dealkylation sites (tertiary alicyclic amines) is 1. The summed E-state index contributed by atoms with van der Waals surface area (Å²) in [6, 6.07) is 2.65. The van der Waals surface area contributed by atoms with Gasteiger partial charge in [-0.05, 0) is 32.6 Å². The highest BCUT2D eigenvalue weighted by atomic mass is 16.6. The van der Waals surface area contributed by atoms with Crippen LogP contribution < -0.4 is 9.47 Å². The molecular formula is C21H31N3O6. The van der Waals surface area contributed by atoms with Gasteiger partial charge in [-0.2, -0.15) is 0 Å². The summed E-state index contributed by atoms with van der Waals surface area (Å²) in [6.45, 7) is 8.23. The van der Waals surface area contributed by atoms with E-state index in [9.17, 15) is 14.9 Å². The lowest BCUT2D eigenvalue weighted by atomic mass is 9.95. The molecule has 30 heavy (non-hydrogen) atoms. The molecule has 0 N–H and O–H groups in total. The van der Waals surface area contributed by atoms with Gasteiger partial charge in [-0.25, -0.2) is 0 Å². The molecule has 2 aliphatic heterocycles. The minimum atomic E-state index is -0.553. The van der Waals surface area contributed by atoms with Crippen molar-refractivity contribution in [3.8, 4) is 11.5 Å². The highest BCUT2D eigenvalue weighted by molar-refractivity contribution is 5.99. The Balaban J connectivity index is 1.66. The van der Waals surface area contributed by atoms with Crippen LogP contribution in [0.2, 0.25) is 0 Å². The fourth-order valence-electron chi connectivity index (χ4n) is 4.48. The van der Waals surface area contributed by atoms with E-state index in [0.29, 0.717) is 24.8 Å². The third kappa shape index (κ3) is 5.02. The van der Waals surface area contributed by atoms with E-state index in [4.69, 9.17) is 14.2 Å². The van der Waals surface area contributed by atoms with Crippen LogP contribution in [0.15, 0.2) is 12.1 Å². The van der Waals surface area contributed by atoms with Crippen LogP contribution in [0.5, 0.6) is 11.5 Å². The Kier molecular flexibility index (Phi) is 7.14. The lowest BCUT2D eigenvalue weighted by Gasteiger charge is -2.39. The molecule has 2 fully saturated rings. The van der Waals surface area contributed by atoms with Gasteiger partial charge in [0, 0.05) is 38.8 Å². The molecule has 0 radical (unpaired) electrons. The summed E-state index contributed by atoms with van der Waals surface area (Å²) >= 11 is 0. The van der Waals surface area contributed by atoms with Gasteiger partial charge in [0.25, 0.3) is 11.6 Å². The Hall–Kier alpha value is -2.39. The predicted molar refractivity (Wildman–Crippen MR) is 111 cm³/mol. The van der Waals surface area contributed by atoms with Crippen molar-refractivity contribution < 1.29 is 23.9 Å². The summed E-state index contributed by atoms with van der Waals surface area (Å²) in [5, 5.41) is 11.5. The van der Waals surface area contributed by atoms with Gasteiger partial charge in [0.1, 0.15) is 5.56 Å². The van der Waals surface area contributed by atoms with Gasteiger partial charge in [0.05, 0.1) is 37.4 Å². The summed E-state index contributed by atoms with van der Waals surface area (Å²) < 4.78 is 16.2. The molecule has 1 aromatic rings. The van der Waals surface area contributed by atoms with Gasteiger partial charge in [-0.1, -0.05) is 0 Å². The highest BCUT2D eigenvalue weighted by Gasteiger charge is 2.32. The Labute approximate surface area is 177 Å². The first-order valence-electron chi connectivity index (χ1n) is 10.4. The number of hydrogen-bond donors (Lipinski definition) is 0. The minimum absolute atomic E-state index is 0.0342. The number of nitro benzene ring substituents is 1. The lowest BCUT2D eigenvalue weighted by Crippen LogP contribution is -2.48. The zero-order chi connectivity index (χ0) is 21.8. The maximum atomic E-state index is 13.1. The summed E-state index contributed by atoms with van der Waals surface area (Å²) in [5.41, 5.74) is -0.233. The lowest BCUT2D eigenvalue weighted by molar-refractivity contribution is -0.385. The van der Waals surface area contributed by atoms with Crippen LogP contribution in [0.25, 0.3) is 0 Å². The Morgan fingerprint density at radius 2 is 1.70 bits per heavy atom. The molecule has 1 amide bonds. The Bertz CT molecular complexity index is 768. The molecule has 9 nitrogen and oxygen atoms in total. The molecule has 166 valence electrons. The van der Waals surface area contributed by atoms with Crippen molar-refractivity contribution in [1.29, 1.82) is 0 Å². The maximum Gasteiger partial charge on any atom is 0.286 e. The summed E-state index contributed by atoms with van der Waals surface area (Å²) in [6.07, 6.45) is 2.24. The number of benzene rings is 1. The SMILES string of the molecule is COc1cc(C(=O)N2CCC(CN3CC(C)OC(C)C3)CC2)c([N+](=O)[O-])cc1OC. The molecule has 2 saturated heterocycles. The standard InChI is InChI=1S/C21H31N3O6/c1-14-11-22(12-15(2)30-14)13-16-5-7-23(8-6-16)21(25)17-9-19(28-3)20(29-4)10-18(17)24(26)27/h9-10,14-16H,5-8,11-13H2,1-4H3. The molecule has 1 aromatic carbocycles. The predicted octanol–water partition coefficient (Wildman–Crippen LogP) is 2.57. The number of ether oxygens (including phenoxy) is 3. The first-order valence-corrected chi connectivity index (χ1v) is 10.4. The second-order valence-corrected chi connectivity index (χ2v) is 8.19. The van der Waals surface area contributed by atoms with Crippen LogP contribution in [-0.4, -0.2) is 79.8 Å². The first kappa shape index (κ1) is 22.3. The van der Waals surface area contributed by atoms with E-state index in [1.807, 2.05) is 0 Å². The number of hydrogen-bond acceptors (Lipinski definition) is 7. The number of nitro groups is 1. The molecule has 2 heterocycles. The molecule has 3 rings (SSSR count). The molecule has 0 spiro atoms. The molecule has 9 heteroatoms. The molecule has 2 unspecified atom stereocenters. The van der Waals surface area contributed by atoms with Crippen molar-refractivity contribution in [1.82, 2.24) is 9.80 Å². The quantitative estimate of drug-likeness (QED) is 0.515. The maximum absolute atomic E-state index is 13.1. The molecular weight excluding hydrogens is 390 g/mol. The van der Waals surface area contributed by atoms with E-state index < -0.39 is 4.92 Å². The van der Waals surface area contributed by atoms with Crippen LogP contribution >= 0.6 is 0 Å². The van der Waals surface area contributed by atoms with Gasteiger partial charge in [-0.3, -0.25) is 19.8 Å². The topological polar surface area (TPSA) is 94.4 Å².